The molecule has 0 saturated carbocycles. The molecule has 1 aromatic carbocycles. The number of benzene rings is 1. The van der Waals surface area contributed by atoms with Gasteiger partial charge in [-0.3, -0.25) is 15.0 Å². The second-order valence-electron chi connectivity index (χ2n) is 7.39. The molecule has 3 rings (SSSR count). The molecule has 2 aromatic rings. The Morgan fingerprint density at radius 1 is 1.31 bits per heavy atom. The third-order valence-corrected chi connectivity index (χ3v) is 4.95. The summed E-state index contributed by atoms with van der Waals surface area (Å²) in [6, 6.07) is 8.08. The van der Waals surface area contributed by atoms with E-state index in [0.717, 1.165) is 23.1 Å². The second kappa shape index (κ2) is 9.27. The number of likely N-dealkylation sites (N-methyl/N-ethyl adjacent to an activating group) is 1. The summed E-state index contributed by atoms with van der Waals surface area (Å²) >= 11 is 0. The van der Waals surface area contributed by atoms with E-state index >= 15 is 0 Å². The number of carbonyl (C=O) groups excluding carboxylic acids is 2. The zero-order chi connectivity index (χ0) is 20.8. The maximum Gasteiger partial charge on any atom is 0.222 e. The van der Waals surface area contributed by atoms with E-state index in [0.29, 0.717) is 31.8 Å². The number of aromatic nitrogens is 2. The van der Waals surface area contributed by atoms with E-state index < -0.39 is 0 Å². The number of hydrogen-bond acceptors (Lipinski definition) is 6. The van der Waals surface area contributed by atoms with Crippen LogP contribution < -0.4 is 11.1 Å². The lowest BCUT2D eigenvalue weighted by molar-refractivity contribution is -0.132. The summed E-state index contributed by atoms with van der Waals surface area (Å²) in [6.45, 7) is 0.647. The van der Waals surface area contributed by atoms with Gasteiger partial charge in [0.15, 0.2) is 0 Å². The van der Waals surface area contributed by atoms with Gasteiger partial charge in [0.25, 0.3) is 0 Å². The topological polar surface area (TPSA) is 125 Å². The zero-order valence-corrected chi connectivity index (χ0v) is 16.5. The Labute approximate surface area is 170 Å². The predicted molar refractivity (Wildman–Crippen MR) is 112 cm³/mol. The molecule has 1 saturated heterocycles. The van der Waals surface area contributed by atoms with Crippen molar-refractivity contribution < 1.29 is 9.59 Å². The van der Waals surface area contributed by atoms with E-state index in [1.165, 1.54) is 0 Å². The average molecular weight is 394 g/mol. The number of hydrogen-bond donors (Lipinski definition) is 3. The molecule has 1 aromatic heterocycles. The maximum absolute atomic E-state index is 11.8. The van der Waals surface area contributed by atoms with Gasteiger partial charge in [0.05, 0.1) is 12.3 Å². The van der Waals surface area contributed by atoms with Gasteiger partial charge in [-0.1, -0.05) is 24.3 Å². The summed E-state index contributed by atoms with van der Waals surface area (Å²) in [5.74, 6) is 0.590. The molecule has 8 nitrogen and oxygen atoms in total. The van der Waals surface area contributed by atoms with Crippen LogP contribution in [-0.4, -0.2) is 52.0 Å². The molecule has 1 fully saturated rings. The van der Waals surface area contributed by atoms with Crippen molar-refractivity contribution in [2.24, 2.45) is 5.73 Å². The summed E-state index contributed by atoms with van der Waals surface area (Å²) in [6.07, 6.45) is 5.83. The number of Topliss-reactive ketones (excluding diaryl/α,β-unsaturated/α-hetero) is 1. The van der Waals surface area contributed by atoms with Crippen LogP contribution in [0, 0.1) is 5.41 Å². The first-order valence-electron chi connectivity index (χ1n) is 9.67. The Hall–Kier alpha value is -3.29. The van der Waals surface area contributed by atoms with Crippen molar-refractivity contribution in [3.05, 3.63) is 42.2 Å². The molecule has 29 heavy (non-hydrogen) atoms. The minimum absolute atomic E-state index is 0.00688. The summed E-state index contributed by atoms with van der Waals surface area (Å²) in [5.41, 5.74) is 8.19. The molecule has 8 heteroatoms. The number of amidine groups is 1. The Bertz CT molecular complexity index is 896. The van der Waals surface area contributed by atoms with E-state index in [4.69, 9.17) is 11.1 Å². The minimum atomic E-state index is -0.0962. The Morgan fingerprint density at radius 2 is 2.07 bits per heavy atom. The number of aryl methyl sites for hydroxylation is 1. The Kier molecular flexibility index (Phi) is 6.54. The smallest absolute Gasteiger partial charge is 0.222 e. The quantitative estimate of drug-likeness (QED) is 0.464. The van der Waals surface area contributed by atoms with E-state index in [2.05, 4.69) is 15.3 Å². The lowest BCUT2D eigenvalue weighted by atomic mass is 10.0. The van der Waals surface area contributed by atoms with E-state index in [1.807, 2.05) is 24.3 Å². The number of nitrogens with zero attached hydrogens (tertiary/aromatic N) is 3. The fraction of sp³-hybridized carbons (Fsp3) is 0.381. The second-order valence-corrected chi connectivity index (χ2v) is 7.39. The predicted octanol–water partition coefficient (Wildman–Crippen LogP) is 2.00. The highest BCUT2D eigenvalue weighted by molar-refractivity contribution is 5.98. The van der Waals surface area contributed by atoms with Gasteiger partial charge in [0.2, 0.25) is 11.9 Å². The molecule has 2 heterocycles. The molecule has 1 unspecified atom stereocenters. The summed E-state index contributed by atoms with van der Waals surface area (Å²) in [5, 5.41) is 10.5. The summed E-state index contributed by atoms with van der Waals surface area (Å²) in [4.78, 5) is 33.9. The average Bonchev–Trinajstić information content (AvgIpc) is 2.69. The number of likely N-dealkylation sites (tertiary alicyclic amines) is 1. The van der Waals surface area contributed by atoms with Crippen molar-refractivity contribution in [3.8, 4) is 11.1 Å². The van der Waals surface area contributed by atoms with Gasteiger partial charge in [0.1, 0.15) is 5.78 Å². The first kappa shape index (κ1) is 20.4. The van der Waals surface area contributed by atoms with Gasteiger partial charge in [0, 0.05) is 50.4 Å². The number of rotatable bonds is 8. The van der Waals surface area contributed by atoms with Crippen molar-refractivity contribution in [1.82, 2.24) is 14.9 Å². The highest BCUT2D eigenvalue weighted by Crippen LogP contribution is 2.21. The van der Waals surface area contributed by atoms with Gasteiger partial charge in [-0.15, -0.1) is 0 Å². The molecule has 1 aliphatic rings. The van der Waals surface area contributed by atoms with Crippen molar-refractivity contribution in [1.29, 1.82) is 5.41 Å². The number of ketones is 1. The van der Waals surface area contributed by atoms with Crippen LogP contribution in [0.4, 0.5) is 5.95 Å². The standard InChI is InChI=1S/C21H26N6O2/c1-27-13-17(6-8-20(27)29)26-21-24-11-16(12-25-21)15-4-2-3-14(9-15)5-7-18(28)10-19(22)23/h2-4,9,11-12,17H,5-8,10,13H2,1H3,(H3,22,23)(H,24,25,26). The lowest BCUT2D eigenvalue weighted by Crippen LogP contribution is -2.43. The molecular weight excluding hydrogens is 368 g/mol. The Balaban J connectivity index is 1.60. The third kappa shape index (κ3) is 5.84. The fourth-order valence-electron chi connectivity index (χ4n) is 3.36. The minimum Gasteiger partial charge on any atom is -0.387 e. The van der Waals surface area contributed by atoms with Crippen LogP contribution >= 0.6 is 0 Å². The van der Waals surface area contributed by atoms with Crippen LogP contribution in [0.15, 0.2) is 36.7 Å². The number of piperidine rings is 1. The van der Waals surface area contributed by atoms with Gasteiger partial charge in [-0.25, -0.2) is 9.97 Å². The molecule has 1 atom stereocenters. The van der Waals surface area contributed by atoms with Gasteiger partial charge < -0.3 is 16.0 Å². The molecule has 0 aliphatic carbocycles. The van der Waals surface area contributed by atoms with E-state index in [-0.39, 0.29) is 30.0 Å². The zero-order valence-electron chi connectivity index (χ0n) is 16.5. The molecule has 152 valence electrons. The number of amides is 1. The van der Waals surface area contributed by atoms with Gasteiger partial charge in [-0.2, -0.15) is 0 Å². The SMILES string of the molecule is CN1CC(Nc2ncc(-c3cccc(CCC(=O)CC(=N)N)c3)cn2)CCC1=O. The number of nitrogens with two attached hydrogens (primary N) is 1. The van der Waals surface area contributed by atoms with E-state index in [1.54, 1.807) is 24.3 Å². The third-order valence-electron chi connectivity index (χ3n) is 4.95. The van der Waals surface area contributed by atoms with Crippen LogP contribution in [-0.2, 0) is 16.0 Å². The molecule has 0 spiro atoms. The monoisotopic (exact) mass is 394 g/mol. The van der Waals surface area contributed by atoms with Crippen LogP contribution in [0.5, 0.6) is 0 Å². The van der Waals surface area contributed by atoms with Crippen molar-refractivity contribution in [3.63, 3.8) is 0 Å². The maximum atomic E-state index is 11.8. The van der Waals surface area contributed by atoms with Crippen molar-refractivity contribution in [2.75, 3.05) is 18.9 Å². The van der Waals surface area contributed by atoms with Gasteiger partial charge in [-0.05, 0) is 24.0 Å². The number of anilines is 1. The molecule has 1 amide bonds. The number of carbonyl (C=O) groups is 2. The van der Waals surface area contributed by atoms with Crippen LogP contribution in [0.3, 0.4) is 0 Å². The first-order valence-corrected chi connectivity index (χ1v) is 9.67. The van der Waals surface area contributed by atoms with Crippen LogP contribution in [0.2, 0.25) is 0 Å². The highest BCUT2D eigenvalue weighted by Gasteiger charge is 2.23. The first-order chi connectivity index (χ1) is 13.9. The van der Waals surface area contributed by atoms with Crippen molar-refractivity contribution >= 4 is 23.5 Å². The molecule has 0 bridgehead atoms. The highest BCUT2D eigenvalue weighted by atomic mass is 16.2. The summed E-state index contributed by atoms with van der Waals surface area (Å²) < 4.78 is 0. The van der Waals surface area contributed by atoms with E-state index in [9.17, 15) is 9.59 Å². The van der Waals surface area contributed by atoms with Gasteiger partial charge >= 0.3 is 0 Å². The van der Waals surface area contributed by atoms with Crippen LogP contribution in [0.1, 0.15) is 31.2 Å². The fourth-order valence-corrected chi connectivity index (χ4v) is 3.36. The Morgan fingerprint density at radius 3 is 2.76 bits per heavy atom. The molecule has 4 N–H and O–H groups in total. The normalized spacial score (nSPS) is 16.5. The van der Waals surface area contributed by atoms with Crippen LogP contribution in [0.25, 0.3) is 11.1 Å². The lowest BCUT2D eigenvalue weighted by Gasteiger charge is -2.30. The molecule has 1 aliphatic heterocycles. The molecule has 0 radical (unpaired) electrons. The number of nitrogens with one attached hydrogen (secondary N) is 2. The molecular formula is C21H26N6O2. The van der Waals surface area contributed by atoms with Crippen molar-refractivity contribution in [2.45, 2.75) is 38.1 Å². The largest absolute Gasteiger partial charge is 0.387 e. The summed E-state index contributed by atoms with van der Waals surface area (Å²) in [7, 11) is 1.81.